The van der Waals surface area contributed by atoms with E-state index in [1.54, 1.807) is 36.2 Å². The average Bonchev–Trinajstić information content (AvgIpc) is 2.53. The molecule has 116 valence electrons. The van der Waals surface area contributed by atoms with Gasteiger partial charge in [0.1, 0.15) is 5.75 Å². The number of phenols is 1. The number of nitrogens with zero attached hydrogens (tertiary/aromatic N) is 1. The maximum Gasteiger partial charge on any atom is 0.257 e. The van der Waals surface area contributed by atoms with Gasteiger partial charge in [0.15, 0.2) is 0 Å². The molecule has 3 nitrogen and oxygen atoms in total. The molecule has 2 rings (SSSR count). The van der Waals surface area contributed by atoms with Crippen LogP contribution in [0.5, 0.6) is 5.75 Å². The summed E-state index contributed by atoms with van der Waals surface area (Å²) in [6.07, 6.45) is 2.04. The molecule has 0 spiro atoms. The summed E-state index contributed by atoms with van der Waals surface area (Å²) in [5.74, 6) is 0.306. The van der Waals surface area contributed by atoms with Crippen LogP contribution in [0, 0.1) is 5.92 Å². The minimum absolute atomic E-state index is 0.0382. The Morgan fingerprint density at radius 3 is 2.41 bits per heavy atom. The molecule has 0 heterocycles. The molecule has 1 amide bonds. The van der Waals surface area contributed by atoms with Crippen molar-refractivity contribution in [1.29, 1.82) is 0 Å². The van der Waals surface area contributed by atoms with Gasteiger partial charge in [0.25, 0.3) is 5.91 Å². The van der Waals surface area contributed by atoms with E-state index in [1.807, 2.05) is 18.2 Å². The van der Waals surface area contributed by atoms with Crippen LogP contribution in [-0.2, 0) is 6.42 Å². The molecule has 0 saturated carbocycles. The summed E-state index contributed by atoms with van der Waals surface area (Å²) in [4.78, 5) is 14.0. The van der Waals surface area contributed by atoms with E-state index in [2.05, 4.69) is 19.1 Å². The van der Waals surface area contributed by atoms with Crippen LogP contribution in [0.1, 0.15) is 29.3 Å². The highest BCUT2D eigenvalue weighted by Gasteiger charge is 2.17. The van der Waals surface area contributed by atoms with Gasteiger partial charge in [-0.25, -0.2) is 0 Å². The first-order chi connectivity index (χ1) is 10.6. The van der Waals surface area contributed by atoms with Crippen molar-refractivity contribution in [2.24, 2.45) is 5.92 Å². The van der Waals surface area contributed by atoms with Gasteiger partial charge in [-0.3, -0.25) is 4.79 Å². The van der Waals surface area contributed by atoms with Crippen LogP contribution in [0.4, 0.5) is 0 Å². The van der Waals surface area contributed by atoms with Crippen molar-refractivity contribution in [3.8, 4) is 5.75 Å². The first kappa shape index (κ1) is 16.1. The first-order valence-corrected chi connectivity index (χ1v) is 7.65. The molecule has 1 N–H and O–H groups in total. The highest BCUT2D eigenvalue weighted by Crippen LogP contribution is 2.18. The van der Waals surface area contributed by atoms with Gasteiger partial charge >= 0.3 is 0 Å². The molecular weight excluding hydrogens is 274 g/mol. The number of para-hydroxylation sites is 1. The van der Waals surface area contributed by atoms with Crippen LogP contribution >= 0.6 is 0 Å². The van der Waals surface area contributed by atoms with Crippen molar-refractivity contribution in [3.63, 3.8) is 0 Å². The number of hydrogen-bond acceptors (Lipinski definition) is 2. The predicted molar refractivity (Wildman–Crippen MR) is 89.0 cm³/mol. The molecule has 2 aromatic rings. The molecule has 22 heavy (non-hydrogen) atoms. The number of carbonyl (C=O) groups excluding carboxylic acids is 1. The smallest absolute Gasteiger partial charge is 0.257 e. The molecule has 1 atom stereocenters. The van der Waals surface area contributed by atoms with E-state index in [0.717, 1.165) is 12.8 Å². The fourth-order valence-electron chi connectivity index (χ4n) is 2.56. The Morgan fingerprint density at radius 1 is 1.09 bits per heavy atom. The fraction of sp³-hybridized carbons (Fsp3) is 0.316. The molecule has 1 unspecified atom stereocenters. The van der Waals surface area contributed by atoms with Crippen LogP contribution in [0.3, 0.4) is 0 Å². The van der Waals surface area contributed by atoms with E-state index in [1.165, 1.54) is 5.56 Å². The molecule has 0 aliphatic carbocycles. The molecular formula is C19H23NO2. The summed E-state index contributed by atoms with van der Waals surface area (Å²) in [6.45, 7) is 2.83. The Balaban J connectivity index is 1.87. The van der Waals surface area contributed by atoms with Crippen LogP contribution < -0.4 is 0 Å². The fourth-order valence-corrected chi connectivity index (χ4v) is 2.56. The predicted octanol–water partition coefficient (Wildman–Crippen LogP) is 3.73. The van der Waals surface area contributed by atoms with Crippen molar-refractivity contribution in [2.75, 3.05) is 13.6 Å². The van der Waals surface area contributed by atoms with E-state index >= 15 is 0 Å². The Labute approximate surface area is 132 Å². The molecule has 0 aliphatic heterocycles. The third-order valence-electron chi connectivity index (χ3n) is 3.84. The second kappa shape index (κ2) is 7.64. The topological polar surface area (TPSA) is 40.5 Å². The van der Waals surface area contributed by atoms with Crippen LogP contribution in [0.25, 0.3) is 0 Å². The standard InChI is InChI=1S/C19H23NO2/c1-15(12-13-16-8-4-3-5-9-16)14-20(2)19(22)17-10-6-7-11-18(17)21/h3-11,15,21H,12-14H2,1-2H3. The summed E-state index contributed by atoms with van der Waals surface area (Å²) in [5.41, 5.74) is 1.68. The lowest BCUT2D eigenvalue weighted by Crippen LogP contribution is -2.31. The molecule has 2 aromatic carbocycles. The number of aryl methyl sites for hydroxylation is 1. The quantitative estimate of drug-likeness (QED) is 0.882. The van der Waals surface area contributed by atoms with Crippen LogP contribution in [0.2, 0.25) is 0 Å². The van der Waals surface area contributed by atoms with Crippen molar-refractivity contribution in [2.45, 2.75) is 19.8 Å². The maximum atomic E-state index is 12.3. The Kier molecular flexibility index (Phi) is 5.59. The van der Waals surface area contributed by atoms with Gasteiger partial charge in [-0.1, -0.05) is 49.4 Å². The molecule has 3 heteroatoms. The summed E-state index contributed by atoms with van der Waals surface area (Å²) >= 11 is 0. The zero-order valence-corrected chi connectivity index (χ0v) is 13.2. The lowest BCUT2D eigenvalue weighted by Gasteiger charge is -2.22. The van der Waals surface area contributed by atoms with Gasteiger partial charge in [-0.05, 0) is 36.5 Å². The Morgan fingerprint density at radius 2 is 1.73 bits per heavy atom. The van der Waals surface area contributed by atoms with Crippen molar-refractivity contribution in [1.82, 2.24) is 4.90 Å². The molecule has 0 radical (unpaired) electrons. The number of rotatable bonds is 6. The third-order valence-corrected chi connectivity index (χ3v) is 3.84. The molecule has 0 saturated heterocycles. The minimum atomic E-state index is -0.135. The van der Waals surface area contributed by atoms with Gasteiger partial charge in [-0.2, -0.15) is 0 Å². The highest BCUT2D eigenvalue weighted by molar-refractivity contribution is 5.96. The van der Waals surface area contributed by atoms with E-state index in [-0.39, 0.29) is 11.7 Å². The zero-order valence-electron chi connectivity index (χ0n) is 13.2. The van der Waals surface area contributed by atoms with Gasteiger partial charge in [0, 0.05) is 13.6 Å². The van der Waals surface area contributed by atoms with Gasteiger partial charge < -0.3 is 10.0 Å². The normalized spacial score (nSPS) is 11.9. The van der Waals surface area contributed by atoms with Crippen LogP contribution in [-0.4, -0.2) is 29.5 Å². The van der Waals surface area contributed by atoms with Crippen LogP contribution in [0.15, 0.2) is 54.6 Å². The highest BCUT2D eigenvalue weighted by atomic mass is 16.3. The average molecular weight is 297 g/mol. The number of carbonyl (C=O) groups is 1. The number of benzene rings is 2. The number of phenolic OH excluding ortho intramolecular Hbond substituents is 1. The second-order valence-corrected chi connectivity index (χ2v) is 5.83. The van der Waals surface area contributed by atoms with Gasteiger partial charge in [0.2, 0.25) is 0 Å². The summed E-state index contributed by atoms with van der Waals surface area (Å²) in [7, 11) is 1.79. The molecule has 0 fully saturated rings. The Bertz CT molecular complexity index is 610. The number of aromatic hydroxyl groups is 1. The monoisotopic (exact) mass is 297 g/mol. The largest absolute Gasteiger partial charge is 0.507 e. The maximum absolute atomic E-state index is 12.3. The van der Waals surface area contributed by atoms with Crippen molar-refractivity contribution < 1.29 is 9.90 Å². The molecule has 0 aromatic heterocycles. The first-order valence-electron chi connectivity index (χ1n) is 7.65. The Hall–Kier alpha value is -2.29. The van der Waals surface area contributed by atoms with E-state index < -0.39 is 0 Å². The summed E-state index contributed by atoms with van der Waals surface area (Å²) in [6, 6.07) is 17.1. The summed E-state index contributed by atoms with van der Waals surface area (Å²) in [5, 5.41) is 9.77. The minimum Gasteiger partial charge on any atom is -0.507 e. The van der Waals surface area contributed by atoms with Gasteiger partial charge in [-0.15, -0.1) is 0 Å². The van der Waals surface area contributed by atoms with E-state index in [0.29, 0.717) is 18.0 Å². The lowest BCUT2D eigenvalue weighted by atomic mass is 10.0. The van der Waals surface area contributed by atoms with Gasteiger partial charge in [0.05, 0.1) is 5.56 Å². The van der Waals surface area contributed by atoms with Crippen molar-refractivity contribution in [3.05, 3.63) is 65.7 Å². The number of hydrogen-bond donors (Lipinski definition) is 1. The lowest BCUT2D eigenvalue weighted by molar-refractivity contribution is 0.0771. The molecule has 0 bridgehead atoms. The summed E-state index contributed by atoms with van der Waals surface area (Å²) < 4.78 is 0. The molecule has 0 aliphatic rings. The van der Waals surface area contributed by atoms with Crippen molar-refractivity contribution >= 4 is 5.91 Å². The number of amides is 1. The van der Waals surface area contributed by atoms with E-state index in [4.69, 9.17) is 0 Å². The SMILES string of the molecule is CC(CCc1ccccc1)CN(C)C(=O)c1ccccc1O. The zero-order chi connectivity index (χ0) is 15.9. The van der Waals surface area contributed by atoms with E-state index in [9.17, 15) is 9.90 Å². The third kappa shape index (κ3) is 4.35. The second-order valence-electron chi connectivity index (χ2n) is 5.83.